The highest BCUT2D eigenvalue weighted by Crippen LogP contribution is 2.47. The number of alkyl halides is 6. The number of hydrogen-bond acceptors (Lipinski definition) is 4. The largest absolute Gasteiger partial charge is 0.416 e. The lowest BCUT2D eigenvalue weighted by molar-refractivity contribution is -0.138. The van der Waals surface area contributed by atoms with Crippen LogP contribution in [0.1, 0.15) is 22.3 Å². The summed E-state index contributed by atoms with van der Waals surface area (Å²) in [6.07, 6.45) is -9.59. The SMILES string of the molecule is N#Cc1ccccc1-c1cc(-c2cc(-c3ccccc3)nc(-c3ccccc3)n2)cc(-c2ccccc2C#N)c1-n1c2ccc(C(F)(F)F)cc2c2cc(C(F)(F)F)ccc21. The maximum absolute atomic E-state index is 14.3. The summed E-state index contributed by atoms with van der Waals surface area (Å²) in [6, 6.07) is 48.4. The van der Waals surface area contributed by atoms with Gasteiger partial charge in [-0.25, -0.2) is 9.97 Å². The molecule has 0 saturated heterocycles. The van der Waals surface area contributed by atoms with Gasteiger partial charge in [0.05, 0.1) is 62.5 Å². The van der Waals surface area contributed by atoms with Crippen molar-refractivity contribution in [1.82, 2.24) is 14.5 Å². The van der Waals surface area contributed by atoms with E-state index in [9.17, 15) is 36.9 Å². The summed E-state index contributed by atoms with van der Waals surface area (Å²) in [5, 5.41) is 20.9. The van der Waals surface area contributed by atoms with E-state index in [4.69, 9.17) is 9.97 Å². The van der Waals surface area contributed by atoms with Crippen molar-refractivity contribution in [2.45, 2.75) is 12.4 Å². The molecular formula is C50H27F6N5. The predicted molar refractivity (Wildman–Crippen MR) is 223 cm³/mol. The Morgan fingerprint density at radius 2 is 0.852 bits per heavy atom. The highest BCUT2D eigenvalue weighted by Gasteiger charge is 2.34. The van der Waals surface area contributed by atoms with Crippen molar-refractivity contribution in [2.75, 3.05) is 0 Å². The van der Waals surface area contributed by atoms with Crippen LogP contribution in [0.3, 0.4) is 0 Å². The van der Waals surface area contributed by atoms with Crippen molar-refractivity contribution in [3.63, 3.8) is 0 Å². The Morgan fingerprint density at radius 1 is 0.426 bits per heavy atom. The number of fused-ring (bicyclic) bond motifs is 3. The summed E-state index contributed by atoms with van der Waals surface area (Å²) < 4.78 is 87.3. The first-order chi connectivity index (χ1) is 29.4. The molecule has 0 aliphatic heterocycles. The molecule has 0 aliphatic rings. The van der Waals surface area contributed by atoms with Crippen molar-refractivity contribution in [3.8, 4) is 74.0 Å². The lowest BCUT2D eigenvalue weighted by Gasteiger charge is -2.22. The van der Waals surface area contributed by atoms with Gasteiger partial charge in [-0.3, -0.25) is 0 Å². The van der Waals surface area contributed by atoms with Crippen LogP contribution < -0.4 is 0 Å². The van der Waals surface area contributed by atoms with E-state index < -0.39 is 23.5 Å². The van der Waals surface area contributed by atoms with E-state index in [0.717, 1.165) is 35.4 Å². The highest BCUT2D eigenvalue weighted by atomic mass is 19.4. The number of aromatic nitrogens is 3. The van der Waals surface area contributed by atoms with Gasteiger partial charge < -0.3 is 4.57 Å². The Kier molecular flexibility index (Phi) is 9.45. The second-order valence-electron chi connectivity index (χ2n) is 14.2. The first-order valence-electron chi connectivity index (χ1n) is 18.8. The van der Waals surface area contributed by atoms with Crippen LogP contribution in [-0.4, -0.2) is 14.5 Å². The molecule has 2 aromatic heterocycles. The molecule has 9 rings (SSSR count). The normalized spacial score (nSPS) is 11.7. The van der Waals surface area contributed by atoms with Gasteiger partial charge in [0.1, 0.15) is 0 Å². The van der Waals surface area contributed by atoms with Crippen molar-refractivity contribution in [1.29, 1.82) is 10.5 Å². The monoisotopic (exact) mass is 811 g/mol. The molecule has 5 nitrogen and oxygen atoms in total. The number of benzene rings is 7. The molecule has 0 radical (unpaired) electrons. The maximum Gasteiger partial charge on any atom is 0.416 e. The van der Waals surface area contributed by atoms with Gasteiger partial charge >= 0.3 is 12.4 Å². The zero-order chi connectivity index (χ0) is 42.5. The smallest absolute Gasteiger partial charge is 0.308 e. The molecule has 0 unspecified atom stereocenters. The molecule has 0 bridgehead atoms. The van der Waals surface area contributed by atoms with Crippen molar-refractivity contribution < 1.29 is 26.3 Å². The molecule has 61 heavy (non-hydrogen) atoms. The lowest BCUT2D eigenvalue weighted by atomic mass is 9.88. The lowest BCUT2D eigenvalue weighted by Crippen LogP contribution is -2.06. The zero-order valence-electron chi connectivity index (χ0n) is 31.6. The number of hydrogen-bond donors (Lipinski definition) is 0. The number of nitriles is 2. The molecular weight excluding hydrogens is 785 g/mol. The van der Waals surface area contributed by atoms with Gasteiger partial charge in [-0.15, -0.1) is 0 Å². The minimum absolute atomic E-state index is 0.0742. The van der Waals surface area contributed by atoms with Crippen LogP contribution in [0.15, 0.2) is 164 Å². The first kappa shape index (κ1) is 38.5. The molecule has 0 fully saturated rings. The van der Waals surface area contributed by atoms with Gasteiger partial charge in [0.25, 0.3) is 0 Å². The molecule has 0 amide bonds. The quantitative estimate of drug-likeness (QED) is 0.157. The van der Waals surface area contributed by atoms with Crippen molar-refractivity contribution in [3.05, 3.63) is 186 Å². The molecule has 294 valence electrons. The van der Waals surface area contributed by atoms with E-state index >= 15 is 0 Å². The third-order valence-electron chi connectivity index (χ3n) is 10.6. The Labute approximate surface area is 344 Å². The molecule has 7 aromatic carbocycles. The van der Waals surface area contributed by atoms with Gasteiger partial charge in [-0.2, -0.15) is 36.9 Å². The van der Waals surface area contributed by atoms with E-state index in [1.807, 2.05) is 78.9 Å². The van der Waals surface area contributed by atoms with Crippen LogP contribution in [0.4, 0.5) is 26.3 Å². The summed E-state index contributed by atoms with van der Waals surface area (Å²) in [7, 11) is 0. The fourth-order valence-corrected chi connectivity index (χ4v) is 7.75. The van der Waals surface area contributed by atoms with E-state index in [1.165, 1.54) is 12.1 Å². The van der Waals surface area contributed by atoms with Gasteiger partial charge in [0.2, 0.25) is 0 Å². The van der Waals surface area contributed by atoms with Gasteiger partial charge in [0.15, 0.2) is 5.82 Å². The number of nitrogens with zero attached hydrogens (tertiary/aromatic N) is 5. The third kappa shape index (κ3) is 7.02. The van der Waals surface area contributed by atoms with Gasteiger partial charge in [0, 0.05) is 49.7 Å². The molecule has 2 heterocycles. The Balaban J connectivity index is 1.47. The predicted octanol–water partition coefficient (Wildman–Crippen LogP) is 13.7. The summed E-state index contributed by atoms with van der Waals surface area (Å²) in [5.41, 5.74) is 3.88. The minimum atomic E-state index is -4.80. The van der Waals surface area contributed by atoms with E-state index in [1.54, 1.807) is 53.1 Å². The second kappa shape index (κ2) is 15.0. The molecule has 0 N–H and O–H groups in total. The van der Waals surface area contributed by atoms with Crippen LogP contribution >= 0.6 is 0 Å². The third-order valence-corrected chi connectivity index (χ3v) is 10.6. The highest BCUT2D eigenvalue weighted by molar-refractivity contribution is 6.11. The van der Waals surface area contributed by atoms with Gasteiger partial charge in [-0.05, 0) is 66.7 Å². The molecule has 0 atom stereocenters. The number of halogens is 6. The van der Waals surface area contributed by atoms with Crippen LogP contribution in [0.25, 0.3) is 83.6 Å². The van der Waals surface area contributed by atoms with Crippen LogP contribution in [0.5, 0.6) is 0 Å². The Morgan fingerprint density at radius 3 is 1.31 bits per heavy atom. The van der Waals surface area contributed by atoms with Gasteiger partial charge in [-0.1, -0.05) is 97.1 Å². The molecule has 0 spiro atoms. The summed E-state index contributed by atoms with van der Waals surface area (Å²) in [5.74, 6) is 0.419. The maximum atomic E-state index is 14.3. The van der Waals surface area contributed by atoms with Crippen molar-refractivity contribution >= 4 is 21.8 Å². The van der Waals surface area contributed by atoms with Crippen LogP contribution in [0, 0.1) is 22.7 Å². The first-order valence-corrected chi connectivity index (χ1v) is 18.8. The standard InChI is InChI=1S/C50H27F6N5/c51-49(52,53)35-19-21-45-39(25-35)40-26-36(50(54,55)56)20-22-46(40)61(45)47-41(37-17-9-7-15-32(37)28-57)23-34(24-42(47)38-18-10-8-16-33(38)29-58)44-27-43(30-11-3-1-4-12-30)59-48(60-44)31-13-5-2-6-14-31/h1-27H. The minimum Gasteiger partial charge on any atom is -0.308 e. The average molecular weight is 812 g/mol. The summed E-state index contributed by atoms with van der Waals surface area (Å²) in [6.45, 7) is 0. The van der Waals surface area contributed by atoms with E-state index in [2.05, 4.69) is 12.1 Å². The molecule has 9 aromatic rings. The second-order valence-corrected chi connectivity index (χ2v) is 14.2. The Hall–Kier alpha value is -8.02. The summed E-state index contributed by atoms with van der Waals surface area (Å²) >= 11 is 0. The molecule has 11 heteroatoms. The van der Waals surface area contributed by atoms with E-state index in [-0.39, 0.29) is 32.9 Å². The fourth-order valence-electron chi connectivity index (χ4n) is 7.75. The topological polar surface area (TPSA) is 78.3 Å². The van der Waals surface area contributed by atoms with Crippen LogP contribution in [0.2, 0.25) is 0 Å². The summed E-state index contributed by atoms with van der Waals surface area (Å²) in [4.78, 5) is 9.98. The fraction of sp³-hybridized carbons (Fsp3) is 0.0400. The Bertz CT molecular complexity index is 3040. The van der Waals surface area contributed by atoms with E-state index in [0.29, 0.717) is 50.7 Å². The zero-order valence-corrected chi connectivity index (χ0v) is 31.6. The molecule has 0 saturated carbocycles. The molecule has 0 aliphatic carbocycles. The van der Waals surface area contributed by atoms with Crippen LogP contribution in [-0.2, 0) is 12.4 Å². The average Bonchev–Trinajstić information content (AvgIpc) is 3.61. The van der Waals surface area contributed by atoms with Crippen molar-refractivity contribution in [2.24, 2.45) is 0 Å². The number of rotatable bonds is 6.